The van der Waals surface area contributed by atoms with Gasteiger partial charge in [0.05, 0.1) is 32.5 Å². The van der Waals surface area contributed by atoms with Crippen LogP contribution in [0.25, 0.3) is 10.8 Å². The molecule has 0 aliphatic carbocycles. The maximum atomic E-state index is 14.4. The van der Waals surface area contributed by atoms with Gasteiger partial charge in [-0.1, -0.05) is 0 Å². The molecule has 1 aromatic heterocycles. The third kappa shape index (κ3) is 4.60. The first-order chi connectivity index (χ1) is 16.0. The number of nitrogens with zero attached hydrogens (tertiary/aromatic N) is 1. The van der Waals surface area contributed by atoms with Gasteiger partial charge in [0.2, 0.25) is 5.78 Å². The lowest BCUT2D eigenvalue weighted by Gasteiger charge is -2.14. The topological polar surface area (TPSA) is 101 Å². The fraction of sp³-hybridized carbons (Fsp3) is 0.182. The molecule has 0 N–H and O–H groups in total. The number of pyridine rings is 1. The van der Waals surface area contributed by atoms with Gasteiger partial charge < -0.3 is 18.9 Å². The minimum absolute atomic E-state index is 0.0448. The highest BCUT2D eigenvalue weighted by Gasteiger charge is 2.43. The van der Waals surface area contributed by atoms with E-state index in [1.807, 2.05) is 0 Å². The molecule has 3 aromatic rings. The molecule has 0 unspecified atom stereocenters. The molecule has 0 spiro atoms. The number of ketones is 1. The first-order valence-electron chi connectivity index (χ1n) is 9.28. The largest absolute Gasteiger partial charge is 0.497 e. The SMILES string of the molecule is COc1ccc(F)c(C(=O)c2ncc(C(=O)OC(=O)C(F)(F)F)c3cc(OC)c(OC)cc23)c1. The molecule has 0 aliphatic heterocycles. The highest BCUT2D eigenvalue weighted by atomic mass is 19.4. The second kappa shape index (κ2) is 9.33. The number of benzene rings is 2. The van der Waals surface area contributed by atoms with E-state index in [1.165, 1.54) is 39.5 Å². The van der Waals surface area contributed by atoms with Crippen molar-refractivity contribution in [1.29, 1.82) is 0 Å². The molecule has 0 amide bonds. The molecule has 12 heteroatoms. The summed E-state index contributed by atoms with van der Waals surface area (Å²) in [5.41, 5.74) is -1.34. The molecule has 3 rings (SSSR count). The molecular formula is C22H15F4NO7. The number of methoxy groups -OCH3 is 3. The maximum Gasteiger partial charge on any atom is 0.491 e. The second-order valence-electron chi connectivity index (χ2n) is 6.62. The fourth-order valence-corrected chi connectivity index (χ4v) is 3.04. The zero-order valence-electron chi connectivity index (χ0n) is 17.8. The molecule has 2 aromatic carbocycles. The summed E-state index contributed by atoms with van der Waals surface area (Å²) in [6.45, 7) is 0. The highest BCUT2D eigenvalue weighted by molar-refractivity contribution is 6.18. The van der Waals surface area contributed by atoms with E-state index in [-0.39, 0.29) is 33.7 Å². The van der Waals surface area contributed by atoms with Gasteiger partial charge in [0.15, 0.2) is 11.5 Å². The average molecular weight is 481 g/mol. The Labute approximate surface area is 189 Å². The number of alkyl halides is 3. The van der Waals surface area contributed by atoms with Gasteiger partial charge in [-0.3, -0.25) is 9.78 Å². The van der Waals surface area contributed by atoms with E-state index in [0.717, 1.165) is 18.3 Å². The zero-order valence-corrected chi connectivity index (χ0v) is 17.8. The molecular weight excluding hydrogens is 466 g/mol. The number of carbonyl (C=O) groups excluding carboxylic acids is 3. The summed E-state index contributed by atoms with van der Waals surface area (Å²) < 4.78 is 71.3. The van der Waals surface area contributed by atoms with E-state index >= 15 is 0 Å². The predicted molar refractivity (Wildman–Crippen MR) is 108 cm³/mol. The molecule has 0 bridgehead atoms. The number of esters is 2. The normalized spacial score (nSPS) is 11.1. The van der Waals surface area contributed by atoms with Crippen LogP contribution < -0.4 is 14.2 Å². The smallest absolute Gasteiger partial charge is 0.491 e. The van der Waals surface area contributed by atoms with Gasteiger partial charge >= 0.3 is 18.1 Å². The molecule has 0 aliphatic rings. The van der Waals surface area contributed by atoms with E-state index in [1.54, 1.807) is 0 Å². The van der Waals surface area contributed by atoms with E-state index in [0.29, 0.717) is 0 Å². The van der Waals surface area contributed by atoms with Gasteiger partial charge in [0, 0.05) is 17.0 Å². The van der Waals surface area contributed by atoms with Gasteiger partial charge in [-0.25, -0.2) is 14.0 Å². The summed E-state index contributed by atoms with van der Waals surface area (Å²) in [7, 11) is 3.85. The van der Waals surface area contributed by atoms with Crippen LogP contribution in [0.5, 0.6) is 17.2 Å². The molecule has 0 saturated carbocycles. The molecule has 178 valence electrons. The Morgan fingerprint density at radius 1 is 0.853 bits per heavy atom. The second-order valence-corrected chi connectivity index (χ2v) is 6.62. The molecule has 0 fully saturated rings. The Hall–Kier alpha value is -4.22. The van der Waals surface area contributed by atoms with Crippen molar-refractivity contribution in [2.75, 3.05) is 21.3 Å². The van der Waals surface area contributed by atoms with Crippen molar-refractivity contribution in [2.24, 2.45) is 0 Å². The molecule has 0 atom stereocenters. The van der Waals surface area contributed by atoms with Crippen molar-refractivity contribution < 1.29 is 50.9 Å². The van der Waals surface area contributed by atoms with Crippen molar-refractivity contribution >= 4 is 28.5 Å². The van der Waals surface area contributed by atoms with Crippen LogP contribution in [-0.2, 0) is 9.53 Å². The first kappa shape index (κ1) is 24.4. The lowest BCUT2D eigenvalue weighted by molar-refractivity contribution is -0.193. The van der Waals surface area contributed by atoms with Gasteiger partial charge in [-0.05, 0) is 30.3 Å². The van der Waals surface area contributed by atoms with Crippen molar-refractivity contribution in [3.8, 4) is 17.2 Å². The van der Waals surface area contributed by atoms with E-state index in [4.69, 9.17) is 14.2 Å². The summed E-state index contributed by atoms with van der Waals surface area (Å²) in [4.78, 5) is 40.5. The molecule has 0 radical (unpaired) electrons. The van der Waals surface area contributed by atoms with Gasteiger partial charge in [0.25, 0.3) is 0 Å². The van der Waals surface area contributed by atoms with Gasteiger partial charge in [-0.15, -0.1) is 0 Å². The van der Waals surface area contributed by atoms with Crippen LogP contribution in [0.2, 0.25) is 0 Å². The summed E-state index contributed by atoms with van der Waals surface area (Å²) in [6, 6.07) is 5.85. The van der Waals surface area contributed by atoms with E-state index < -0.39 is 40.8 Å². The van der Waals surface area contributed by atoms with Crippen LogP contribution in [-0.4, -0.2) is 50.2 Å². The van der Waals surface area contributed by atoms with Crippen molar-refractivity contribution in [1.82, 2.24) is 4.98 Å². The summed E-state index contributed by atoms with van der Waals surface area (Å²) in [6.07, 6.45) is -4.68. The Balaban J connectivity index is 2.24. The molecule has 8 nitrogen and oxygen atoms in total. The predicted octanol–water partition coefficient (Wildman–Crippen LogP) is 3.88. The lowest BCUT2D eigenvalue weighted by atomic mass is 9.98. The Bertz CT molecular complexity index is 1300. The van der Waals surface area contributed by atoms with Crippen LogP contribution in [0.4, 0.5) is 17.6 Å². The number of halogens is 4. The number of hydrogen-bond donors (Lipinski definition) is 0. The van der Waals surface area contributed by atoms with Crippen LogP contribution in [0.15, 0.2) is 36.5 Å². The Morgan fingerprint density at radius 2 is 1.47 bits per heavy atom. The summed E-state index contributed by atoms with van der Waals surface area (Å²) >= 11 is 0. The molecule has 0 saturated heterocycles. The fourth-order valence-electron chi connectivity index (χ4n) is 3.04. The average Bonchev–Trinajstić information content (AvgIpc) is 2.81. The standard InChI is InChI=1S/C22H15F4NO7/c1-31-10-4-5-15(23)13(6-10)19(28)18-12-8-17(33-3)16(32-2)7-11(12)14(9-27-18)20(29)34-21(30)22(24,25)26/h4-9H,1-3H3. The third-order valence-electron chi connectivity index (χ3n) is 4.66. The van der Waals surface area contributed by atoms with Crippen LogP contribution in [0.1, 0.15) is 26.4 Å². The number of aromatic nitrogens is 1. The number of rotatable bonds is 6. The highest BCUT2D eigenvalue weighted by Crippen LogP contribution is 2.36. The summed E-state index contributed by atoms with van der Waals surface area (Å²) in [5, 5.41) is -0.252. The van der Waals surface area contributed by atoms with Crippen LogP contribution >= 0.6 is 0 Å². The zero-order chi connectivity index (χ0) is 25.2. The third-order valence-corrected chi connectivity index (χ3v) is 4.66. The molecule has 34 heavy (non-hydrogen) atoms. The number of ether oxygens (including phenoxy) is 4. The number of hydrogen-bond acceptors (Lipinski definition) is 8. The lowest BCUT2D eigenvalue weighted by Crippen LogP contribution is -2.28. The van der Waals surface area contributed by atoms with Gasteiger partial charge in [0.1, 0.15) is 17.3 Å². The Morgan fingerprint density at radius 3 is 2.03 bits per heavy atom. The van der Waals surface area contributed by atoms with Crippen molar-refractivity contribution in [3.63, 3.8) is 0 Å². The van der Waals surface area contributed by atoms with Crippen LogP contribution in [0, 0.1) is 5.82 Å². The van der Waals surface area contributed by atoms with Crippen molar-refractivity contribution in [3.05, 3.63) is 59.2 Å². The summed E-state index contributed by atoms with van der Waals surface area (Å²) in [5.74, 6) is -5.90. The molecule has 1 heterocycles. The number of carbonyl (C=O) groups is 3. The first-order valence-corrected chi connectivity index (χ1v) is 9.28. The minimum Gasteiger partial charge on any atom is -0.497 e. The van der Waals surface area contributed by atoms with Crippen LogP contribution in [0.3, 0.4) is 0 Å². The number of fused-ring (bicyclic) bond motifs is 1. The Kier molecular flexibility index (Phi) is 6.70. The maximum absolute atomic E-state index is 14.4. The van der Waals surface area contributed by atoms with Gasteiger partial charge in [-0.2, -0.15) is 13.2 Å². The van der Waals surface area contributed by atoms with E-state index in [2.05, 4.69) is 9.72 Å². The minimum atomic E-state index is -5.42. The quantitative estimate of drug-likeness (QED) is 0.226. The van der Waals surface area contributed by atoms with E-state index in [9.17, 15) is 31.9 Å². The monoisotopic (exact) mass is 481 g/mol. The van der Waals surface area contributed by atoms with Crippen molar-refractivity contribution in [2.45, 2.75) is 6.18 Å².